The maximum absolute atomic E-state index is 12.8. The molecule has 3 aromatic rings. The van der Waals surface area contributed by atoms with Crippen LogP contribution in [0.2, 0.25) is 0 Å². The van der Waals surface area contributed by atoms with Gasteiger partial charge in [-0.25, -0.2) is 4.79 Å². The fourth-order valence-electron chi connectivity index (χ4n) is 3.06. The quantitative estimate of drug-likeness (QED) is 0.508. The number of ether oxygens (including phenoxy) is 1. The molecule has 1 fully saturated rings. The number of carbonyl (C=O) groups is 3. The molecule has 2 heterocycles. The Kier molecular flexibility index (Phi) is 5.92. The molecule has 1 saturated heterocycles. The van der Waals surface area contributed by atoms with Gasteiger partial charge >= 0.3 is 5.97 Å². The molecular weight excluding hydrogens is 434 g/mol. The molecule has 0 saturated carbocycles. The summed E-state index contributed by atoms with van der Waals surface area (Å²) in [5.41, 5.74) is 2.87. The van der Waals surface area contributed by atoms with Crippen molar-refractivity contribution in [2.45, 2.75) is 6.54 Å². The molecule has 156 valence electrons. The lowest BCUT2D eigenvalue weighted by Gasteiger charge is -2.12. The van der Waals surface area contributed by atoms with Gasteiger partial charge in [-0.2, -0.15) is 0 Å². The van der Waals surface area contributed by atoms with E-state index in [0.29, 0.717) is 10.7 Å². The monoisotopic (exact) mass is 451 g/mol. The van der Waals surface area contributed by atoms with Gasteiger partial charge in [0.2, 0.25) is 0 Å². The number of amides is 2. The first-order valence-electron chi connectivity index (χ1n) is 9.25. The topological polar surface area (TPSA) is 83.9 Å². The molecule has 0 spiro atoms. The number of benzene rings is 2. The standard InChI is InChI=1S/C23H17NO5S2/c1-29-18-8-2-14(3-9-18)12-24-21(25)20(31-23(24)28)11-19-10-17(13-30-19)15-4-6-16(7-5-15)22(26)27/h2-11,13H,12H2,1H3,(H,26,27)/b20-11-. The van der Waals surface area contributed by atoms with Crippen LogP contribution in [0.15, 0.2) is 64.9 Å². The second-order valence-electron chi connectivity index (χ2n) is 6.74. The van der Waals surface area contributed by atoms with Crippen LogP contribution in [0, 0.1) is 0 Å². The fraction of sp³-hybridized carbons (Fsp3) is 0.0870. The Bertz CT molecular complexity index is 1180. The molecule has 1 aliphatic heterocycles. The van der Waals surface area contributed by atoms with Gasteiger partial charge in [0.15, 0.2) is 0 Å². The maximum Gasteiger partial charge on any atom is 0.335 e. The van der Waals surface area contributed by atoms with Crippen LogP contribution in [-0.4, -0.2) is 34.2 Å². The van der Waals surface area contributed by atoms with Crippen molar-refractivity contribution in [3.63, 3.8) is 0 Å². The predicted molar refractivity (Wildman–Crippen MR) is 121 cm³/mol. The molecule has 2 amide bonds. The molecular formula is C23H17NO5S2. The highest BCUT2D eigenvalue weighted by Crippen LogP contribution is 2.35. The Morgan fingerprint density at radius 1 is 1.06 bits per heavy atom. The first kappa shape index (κ1) is 20.9. The van der Waals surface area contributed by atoms with Crippen molar-refractivity contribution in [1.82, 2.24) is 4.90 Å². The summed E-state index contributed by atoms with van der Waals surface area (Å²) < 4.78 is 5.13. The molecule has 1 aromatic heterocycles. The summed E-state index contributed by atoms with van der Waals surface area (Å²) in [4.78, 5) is 38.6. The van der Waals surface area contributed by atoms with E-state index in [2.05, 4.69) is 0 Å². The van der Waals surface area contributed by atoms with E-state index in [1.165, 1.54) is 16.2 Å². The van der Waals surface area contributed by atoms with Gasteiger partial charge in [0.1, 0.15) is 5.75 Å². The molecule has 4 rings (SSSR count). The van der Waals surface area contributed by atoms with E-state index in [9.17, 15) is 14.4 Å². The van der Waals surface area contributed by atoms with E-state index in [4.69, 9.17) is 9.84 Å². The van der Waals surface area contributed by atoms with Crippen molar-refractivity contribution >= 4 is 46.3 Å². The van der Waals surface area contributed by atoms with Crippen LogP contribution in [0.4, 0.5) is 4.79 Å². The van der Waals surface area contributed by atoms with Gasteiger partial charge in [-0.3, -0.25) is 14.5 Å². The molecule has 0 bridgehead atoms. The number of methoxy groups -OCH3 is 1. The number of thiophene rings is 1. The number of thioether (sulfide) groups is 1. The lowest BCUT2D eigenvalue weighted by molar-refractivity contribution is -0.123. The molecule has 2 aromatic carbocycles. The zero-order valence-corrected chi connectivity index (χ0v) is 18.0. The highest BCUT2D eigenvalue weighted by molar-refractivity contribution is 8.18. The molecule has 0 radical (unpaired) electrons. The third-order valence-corrected chi connectivity index (χ3v) is 6.52. The van der Waals surface area contributed by atoms with E-state index >= 15 is 0 Å². The van der Waals surface area contributed by atoms with Crippen LogP contribution in [-0.2, 0) is 11.3 Å². The Hall–Kier alpha value is -3.36. The minimum Gasteiger partial charge on any atom is -0.497 e. The van der Waals surface area contributed by atoms with Gasteiger partial charge < -0.3 is 9.84 Å². The van der Waals surface area contributed by atoms with Crippen LogP contribution in [0.3, 0.4) is 0 Å². The Morgan fingerprint density at radius 3 is 2.42 bits per heavy atom. The number of rotatable bonds is 6. The number of carboxylic acids is 1. The van der Waals surface area contributed by atoms with Gasteiger partial charge in [-0.15, -0.1) is 11.3 Å². The van der Waals surface area contributed by atoms with Crippen LogP contribution in [0.5, 0.6) is 5.75 Å². The highest BCUT2D eigenvalue weighted by atomic mass is 32.2. The number of carbonyl (C=O) groups excluding carboxylic acids is 2. The minimum atomic E-state index is -0.970. The van der Waals surface area contributed by atoms with Crippen molar-refractivity contribution in [2.24, 2.45) is 0 Å². The molecule has 0 aliphatic carbocycles. The van der Waals surface area contributed by atoms with E-state index in [1.54, 1.807) is 49.6 Å². The summed E-state index contributed by atoms with van der Waals surface area (Å²) in [6.07, 6.45) is 1.72. The zero-order valence-electron chi connectivity index (χ0n) is 16.4. The van der Waals surface area contributed by atoms with Gasteiger partial charge in [0.05, 0.1) is 24.1 Å². The molecule has 6 nitrogen and oxygen atoms in total. The number of nitrogens with zero attached hydrogens (tertiary/aromatic N) is 1. The fourth-order valence-corrected chi connectivity index (χ4v) is 4.82. The molecule has 0 atom stereocenters. The summed E-state index contributed by atoms with van der Waals surface area (Å²) in [6.45, 7) is 0.206. The highest BCUT2D eigenvalue weighted by Gasteiger charge is 2.35. The summed E-state index contributed by atoms with van der Waals surface area (Å²) in [6, 6.07) is 15.8. The van der Waals surface area contributed by atoms with Gasteiger partial charge in [-0.1, -0.05) is 24.3 Å². The minimum absolute atomic E-state index is 0.206. The summed E-state index contributed by atoms with van der Waals surface area (Å²) in [7, 11) is 1.58. The van der Waals surface area contributed by atoms with Crippen molar-refractivity contribution in [2.75, 3.05) is 7.11 Å². The van der Waals surface area contributed by atoms with Crippen molar-refractivity contribution < 1.29 is 24.2 Å². The Morgan fingerprint density at radius 2 is 1.77 bits per heavy atom. The second-order valence-corrected chi connectivity index (χ2v) is 8.67. The van der Waals surface area contributed by atoms with Crippen LogP contribution < -0.4 is 4.74 Å². The maximum atomic E-state index is 12.8. The third kappa shape index (κ3) is 4.55. The average molecular weight is 452 g/mol. The zero-order chi connectivity index (χ0) is 22.0. The average Bonchev–Trinajstić information content (AvgIpc) is 3.35. The summed E-state index contributed by atoms with van der Waals surface area (Å²) >= 11 is 2.38. The van der Waals surface area contributed by atoms with Crippen LogP contribution in [0.1, 0.15) is 20.8 Å². The number of hydrogen-bond acceptors (Lipinski definition) is 6. The predicted octanol–water partition coefficient (Wildman–Crippen LogP) is 5.36. The molecule has 0 unspecified atom stereocenters. The Labute approximate surface area is 186 Å². The van der Waals surface area contributed by atoms with Crippen molar-refractivity contribution in [3.05, 3.63) is 80.9 Å². The van der Waals surface area contributed by atoms with Gasteiger partial charge in [0.25, 0.3) is 11.1 Å². The van der Waals surface area contributed by atoms with E-state index < -0.39 is 5.97 Å². The van der Waals surface area contributed by atoms with Crippen molar-refractivity contribution in [1.29, 1.82) is 0 Å². The van der Waals surface area contributed by atoms with Crippen molar-refractivity contribution in [3.8, 4) is 16.9 Å². The molecule has 8 heteroatoms. The van der Waals surface area contributed by atoms with E-state index in [1.807, 2.05) is 23.6 Å². The summed E-state index contributed by atoms with van der Waals surface area (Å²) in [5, 5.41) is 10.7. The number of hydrogen-bond donors (Lipinski definition) is 1. The first-order chi connectivity index (χ1) is 14.9. The molecule has 1 N–H and O–H groups in total. The van der Waals surface area contributed by atoms with E-state index in [-0.39, 0.29) is 23.3 Å². The van der Waals surface area contributed by atoms with Crippen LogP contribution in [0.25, 0.3) is 17.2 Å². The second kappa shape index (κ2) is 8.79. The number of aromatic carboxylic acids is 1. The smallest absolute Gasteiger partial charge is 0.335 e. The SMILES string of the molecule is COc1ccc(CN2C(=O)S/C(=C\c3cc(-c4ccc(C(=O)O)cc4)cs3)C2=O)cc1. The first-order valence-corrected chi connectivity index (χ1v) is 10.9. The van der Waals surface area contributed by atoms with Crippen LogP contribution >= 0.6 is 23.1 Å². The molecule has 1 aliphatic rings. The number of imide groups is 1. The largest absolute Gasteiger partial charge is 0.497 e. The summed E-state index contributed by atoms with van der Waals surface area (Å²) in [5.74, 6) is -0.571. The molecule has 31 heavy (non-hydrogen) atoms. The lowest BCUT2D eigenvalue weighted by atomic mass is 10.1. The lowest BCUT2D eigenvalue weighted by Crippen LogP contribution is -2.27. The third-order valence-electron chi connectivity index (χ3n) is 4.73. The Balaban J connectivity index is 1.49. The van der Waals surface area contributed by atoms with Gasteiger partial charge in [-0.05, 0) is 70.2 Å². The van der Waals surface area contributed by atoms with Gasteiger partial charge in [0, 0.05) is 4.88 Å². The number of carboxylic acid groups (broad SMARTS) is 1. The normalized spacial score (nSPS) is 15.0. The van der Waals surface area contributed by atoms with E-state index in [0.717, 1.165) is 33.3 Å².